The molecule has 1 rings (SSSR count). The summed E-state index contributed by atoms with van der Waals surface area (Å²) in [5.74, 6) is -0.0647. The molecule has 0 spiro atoms. The molecule has 104 valence electrons. The summed E-state index contributed by atoms with van der Waals surface area (Å²) in [5, 5.41) is 12.6. The van der Waals surface area contributed by atoms with Gasteiger partial charge in [-0.05, 0) is 6.42 Å². The van der Waals surface area contributed by atoms with Crippen molar-refractivity contribution in [1.82, 2.24) is 14.5 Å². The number of hydrogen-bond donors (Lipinski definition) is 3. The van der Waals surface area contributed by atoms with Crippen molar-refractivity contribution in [3.05, 3.63) is 6.20 Å². The van der Waals surface area contributed by atoms with E-state index in [1.807, 2.05) is 0 Å². The second kappa shape index (κ2) is 6.14. The molecule has 8 nitrogen and oxygen atoms in total. The number of sulfonamides is 1. The Balaban J connectivity index is 2.89. The van der Waals surface area contributed by atoms with Crippen molar-refractivity contribution in [2.75, 3.05) is 26.1 Å². The zero-order valence-corrected chi connectivity index (χ0v) is 11.1. The molecule has 1 atom stereocenters. The van der Waals surface area contributed by atoms with Crippen LogP contribution in [0.5, 0.6) is 0 Å². The Kier molecular flexibility index (Phi) is 5.08. The van der Waals surface area contributed by atoms with Gasteiger partial charge in [-0.2, -0.15) is 5.10 Å². The first kappa shape index (κ1) is 14.9. The molecule has 4 N–H and O–H groups in total. The molecule has 0 aliphatic carbocycles. The fourth-order valence-electron chi connectivity index (χ4n) is 1.51. The molecule has 0 aliphatic heterocycles. The molecule has 0 aliphatic rings. The summed E-state index contributed by atoms with van der Waals surface area (Å²) in [5.41, 5.74) is 5.52. The second-order valence-corrected chi connectivity index (χ2v) is 5.52. The third-order valence-corrected chi connectivity index (χ3v) is 3.82. The first-order valence-corrected chi connectivity index (χ1v) is 6.80. The minimum Gasteiger partial charge on any atom is -0.396 e. The Labute approximate surface area is 106 Å². The summed E-state index contributed by atoms with van der Waals surface area (Å²) in [6.45, 7) is 0.0268. The van der Waals surface area contributed by atoms with Crippen LogP contribution in [0.15, 0.2) is 11.1 Å². The molecule has 0 amide bonds. The van der Waals surface area contributed by atoms with Crippen LogP contribution in [-0.4, -0.2) is 49.7 Å². The number of aromatic nitrogens is 2. The van der Waals surface area contributed by atoms with Crippen molar-refractivity contribution in [3.63, 3.8) is 0 Å². The van der Waals surface area contributed by atoms with Gasteiger partial charge >= 0.3 is 0 Å². The summed E-state index contributed by atoms with van der Waals surface area (Å²) in [6.07, 6.45) is 1.58. The monoisotopic (exact) mass is 278 g/mol. The van der Waals surface area contributed by atoms with E-state index in [0.717, 1.165) is 0 Å². The first-order valence-electron chi connectivity index (χ1n) is 5.32. The number of rotatable bonds is 7. The molecule has 1 aromatic heterocycles. The van der Waals surface area contributed by atoms with Crippen LogP contribution in [0.1, 0.15) is 6.42 Å². The number of nitrogens with zero attached hydrogens (tertiary/aromatic N) is 2. The van der Waals surface area contributed by atoms with Crippen LogP contribution in [0, 0.1) is 0 Å². The van der Waals surface area contributed by atoms with E-state index in [1.165, 1.54) is 18.0 Å². The lowest BCUT2D eigenvalue weighted by Gasteiger charge is -2.16. The van der Waals surface area contributed by atoms with Crippen molar-refractivity contribution >= 4 is 15.8 Å². The smallest absolute Gasteiger partial charge is 0.246 e. The second-order valence-electron chi connectivity index (χ2n) is 3.84. The number of hydrogen-bond acceptors (Lipinski definition) is 6. The van der Waals surface area contributed by atoms with Crippen LogP contribution >= 0.6 is 0 Å². The van der Waals surface area contributed by atoms with Crippen molar-refractivity contribution in [1.29, 1.82) is 0 Å². The van der Waals surface area contributed by atoms with Gasteiger partial charge in [-0.3, -0.25) is 4.68 Å². The standard InChI is InChI=1S/C9H18N4O4S/c1-13-5-8(9(10)11-13)18(15,16)12-7(3-4-14)6-17-2/h5,7,12,14H,3-4,6H2,1-2H3,(H2,10,11). The number of ether oxygens (including phenoxy) is 1. The quantitative estimate of drug-likeness (QED) is 0.569. The van der Waals surface area contributed by atoms with Crippen molar-refractivity contribution in [3.8, 4) is 0 Å². The molecule has 0 bridgehead atoms. The Hall–Kier alpha value is -1.16. The molecule has 9 heteroatoms. The molecule has 0 saturated heterocycles. The zero-order chi connectivity index (χ0) is 13.8. The maximum absolute atomic E-state index is 12.0. The van der Waals surface area contributed by atoms with Crippen LogP contribution in [0.3, 0.4) is 0 Å². The number of aliphatic hydroxyl groups excluding tert-OH is 1. The van der Waals surface area contributed by atoms with E-state index >= 15 is 0 Å². The van der Waals surface area contributed by atoms with E-state index in [4.69, 9.17) is 15.6 Å². The lowest BCUT2D eigenvalue weighted by molar-refractivity contribution is 0.158. The highest BCUT2D eigenvalue weighted by Gasteiger charge is 2.24. The number of aliphatic hydroxyl groups is 1. The maximum atomic E-state index is 12.0. The Bertz CT molecular complexity index is 479. The van der Waals surface area contributed by atoms with Crippen LogP contribution in [-0.2, 0) is 21.8 Å². The van der Waals surface area contributed by atoms with Crippen molar-refractivity contribution in [2.24, 2.45) is 7.05 Å². The highest BCUT2D eigenvalue weighted by atomic mass is 32.2. The number of methoxy groups -OCH3 is 1. The zero-order valence-electron chi connectivity index (χ0n) is 10.3. The average Bonchev–Trinajstić information content (AvgIpc) is 2.59. The third kappa shape index (κ3) is 3.67. The third-order valence-electron chi connectivity index (χ3n) is 2.28. The van der Waals surface area contributed by atoms with Crippen molar-refractivity contribution in [2.45, 2.75) is 17.4 Å². The molecule has 0 fully saturated rings. The van der Waals surface area contributed by atoms with Gasteiger partial charge in [0.05, 0.1) is 6.61 Å². The van der Waals surface area contributed by atoms with Gasteiger partial charge in [-0.1, -0.05) is 0 Å². The van der Waals surface area contributed by atoms with Crippen LogP contribution < -0.4 is 10.5 Å². The van der Waals surface area contributed by atoms with Gasteiger partial charge in [-0.25, -0.2) is 13.1 Å². The Morgan fingerprint density at radius 1 is 1.67 bits per heavy atom. The molecule has 1 heterocycles. The van der Waals surface area contributed by atoms with Gasteiger partial charge in [0.2, 0.25) is 10.0 Å². The summed E-state index contributed by atoms with van der Waals surface area (Å²) < 4.78 is 32.7. The lowest BCUT2D eigenvalue weighted by Crippen LogP contribution is -2.38. The average molecular weight is 278 g/mol. The molecular formula is C9H18N4O4S. The molecule has 18 heavy (non-hydrogen) atoms. The Morgan fingerprint density at radius 3 is 2.78 bits per heavy atom. The Morgan fingerprint density at radius 2 is 2.33 bits per heavy atom. The van der Waals surface area contributed by atoms with E-state index in [-0.39, 0.29) is 30.3 Å². The number of nitrogens with one attached hydrogen (secondary N) is 1. The molecular weight excluding hydrogens is 260 g/mol. The van der Waals surface area contributed by atoms with Crippen molar-refractivity contribution < 1.29 is 18.3 Å². The number of anilines is 1. The number of nitrogen functional groups attached to an aromatic ring is 1. The van der Waals surface area contributed by atoms with E-state index in [1.54, 1.807) is 7.05 Å². The van der Waals surface area contributed by atoms with Gasteiger partial charge in [0.25, 0.3) is 0 Å². The number of aryl methyl sites for hydroxylation is 1. The summed E-state index contributed by atoms with van der Waals surface area (Å²) in [4.78, 5) is -0.0796. The summed E-state index contributed by atoms with van der Waals surface area (Å²) >= 11 is 0. The van der Waals surface area contributed by atoms with E-state index in [0.29, 0.717) is 0 Å². The highest BCUT2D eigenvalue weighted by molar-refractivity contribution is 7.89. The van der Waals surface area contributed by atoms with Crippen LogP contribution in [0.25, 0.3) is 0 Å². The fourth-order valence-corrected chi connectivity index (χ4v) is 2.87. The highest BCUT2D eigenvalue weighted by Crippen LogP contribution is 2.16. The fraction of sp³-hybridized carbons (Fsp3) is 0.667. The molecule has 0 saturated carbocycles. The van der Waals surface area contributed by atoms with Gasteiger partial charge in [0.15, 0.2) is 5.82 Å². The van der Waals surface area contributed by atoms with Gasteiger partial charge < -0.3 is 15.6 Å². The predicted molar refractivity (Wildman–Crippen MR) is 65.3 cm³/mol. The first-order chi connectivity index (χ1) is 8.40. The summed E-state index contributed by atoms with van der Waals surface area (Å²) in [7, 11) is -0.729. The van der Waals surface area contributed by atoms with Crippen LogP contribution in [0.4, 0.5) is 5.82 Å². The van der Waals surface area contributed by atoms with E-state index in [2.05, 4.69) is 9.82 Å². The van der Waals surface area contributed by atoms with Gasteiger partial charge in [0, 0.05) is 33.0 Å². The van der Waals surface area contributed by atoms with E-state index < -0.39 is 16.1 Å². The SMILES string of the molecule is COCC(CCO)NS(=O)(=O)c1cn(C)nc1N. The molecule has 0 aromatic carbocycles. The predicted octanol–water partition coefficient (Wildman–Crippen LogP) is -1.32. The topological polar surface area (TPSA) is 119 Å². The van der Waals surface area contributed by atoms with Crippen LogP contribution in [0.2, 0.25) is 0 Å². The van der Waals surface area contributed by atoms with Gasteiger partial charge in [-0.15, -0.1) is 0 Å². The van der Waals surface area contributed by atoms with E-state index in [9.17, 15) is 8.42 Å². The minimum absolute atomic E-state index is 0.0647. The molecule has 1 aromatic rings. The maximum Gasteiger partial charge on any atom is 0.246 e. The largest absolute Gasteiger partial charge is 0.396 e. The lowest BCUT2D eigenvalue weighted by atomic mass is 10.2. The molecule has 1 unspecified atom stereocenters. The normalized spacial score (nSPS) is 13.7. The minimum atomic E-state index is -3.76. The summed E-state index contributed by atoms with van der Waals surface area (Å²) in [6, 6.07) is -0.510. The van der Waals surface area contributed by atoms with Gasteiger partial charge in [0.1, 0.15) is 4.90 Å². The number of nitrogens with two attached hydrogens (primary N) is 1. The molecule has 0 radical (unpaired) electrons.